The Morgan fingerprint density at radius 2 is 1.85 bits per heavy atom. The molecule has 0 aliphatic carbocycles. The Hall–Kier alpha value is -2.45. The van der Waals surface area contributed by atoms with Crippen molar-refractivity contribution in [1.82, 2.24) is 9.36 Å². The highest BCUT2D eigenvalue weighted by Gasteiger charge is 2.18. The number of hydrogen-bond donors (Lipinski definition) is 1. The van der Waals surface area contributed by atoms with Crippen LogP contribution in [0.2, 0.25) is 0 Å². The van der Waals surface area contributed by atoms with E-state index in [9.17, 15) is 4.79 Å². The van der Waals surface area contributed by atoms with E-state index in [1.54, 1.807) is 26.2 Å². The van der Waals surface area contributed by atoms with Gasteiger partial charge in [0.25, 0.3) is 5.91 Å². The molecule has 1 amide bonds. The van der Waals surface area contributed by atoms with Crippen LogP contribution in [0.1, 0.15) is 6.92 Å². The summed E-state index contributed by atoms with van der Waals surface area (Å²) in [5, 5.41) is 3.15. The summed E-state index contributed by atoms with van der Waals surface area (Å²) in [6, 6.07) is 14.8. The maximum absolute atomic E-state index is 12.4. The highest BCUT2D eigenvalue weighted by molar-refractivity contribution is 9.10. The molecule has 0 aliphatic rings. The first-order chi connectivity index (χ1) is 12.6. The van der Waals surface area contributed by atoms with E-state index < -0.39 is 6.10 Å². The Morgan fingerprint density at radius 1 is 1.15 bits per heavy atom. The lowest BCUT2D eigenvalue weighted by molar-refractivity contribution is -0.122. The average Bonchev–Trinajstić information content (AvgIpc) is 3.11. The van der Waals surface area contributed by atoms with Gasteiger partial charge in [0, 0.05) is 21.6 Å². The number of rotatable bonds is 6. The van der Waals surface area contributed by atoms with Crippen molar-refractivity contribution in [3.8, 4) is 22.9 Å². The van der Waals surface area contributed by atoms with E-state index in [2.05, 4.69) is 30.6 Å². The predicted octanol–water partition coefficient (Wildman–Crippen LogP) is 4.38. The fraction of sp³-hybridized carbons (Fsp3) is 0.167. The summed E-state index contributed by atoms with van der Waals surface area (Å²) < 4.78 is 16.2. The van der Waals surface area contributed by atoms with Gasteiger partial charge >= 0.3 is 0 Å². The summed E-state index contributed by atoms with van der Waals surface area (Å²) in [6.07, 6.45) is -0.716. The molecule has 2 aromatic carbocycles. The van der Waals surface area contributed by atoms with E-state index in [0.29, 0.717) is 22.5 Å². The molecule has 26 heavy (non-hydrogen) atoms. The van der Waals surface area contributed by atoms with Crippen molar-refractivity contribution in [3.63, 3.8) is 0 Å². The fourth-order valence-electron chi connectivity index (χ4n) is 2.16. The van der Waals surface area contributed by atoms with Crippen molar-refractivity contribution >= 4 is 38.5 Å². The van der Waals surface area contributed by atoms with Crippen LogP contribution >= 0.6 is 27.5 Å². The van der Waals surface area contributed by atoms with Crippen LogP contribution in [-0.2, 0) is 4.79 Å². The first-order valence-corrected chi connectivity index (χ1v) is 9.33. The number of methoxy groups -OCH3 is 1. The summed E-state index contributed by atoms with van der Waals surface area (Å²) in [5.74, 6) is 1.33. The molecule has 3 aromatic rings. The average molecular weight is 434 g/mol. The van der Waals surface area contributed by atoms with Crippen molar-refractivity contribution in [2.24, 2.45) is 0 Å². The molecule has 0 aliphatic heterocycles. The lowest BCUT2D eigenvalue weighted by Crippen LogP contribution is -2.30. The van der Waals surface area contributed by atoms with E-state index in [-0.39, 0.29) is 5.91 Å². The predicted molar refractivity (Wildman–Crippen MR) is 105 cm³/mol. The molecule has 0 fully saturated rings. The third-order valence-electron chi connectivity index (χ3n) is 3.50. The van der Waals surface area contributed by atoms with E-state index >= 15 is 0 Å². The number of amides is 1. The minimum atomic E-state index is -0.716. The summed E-state index contributed by atoms with van der Waals surface area (Å²) in [7, 11) is 1.55. The molecule has 8 heteroatoms. The lowest BCUT2D eigenvalue weighted by Gasteiger charge is -2.15. The number of ether oxygens (including phenoxy) is 2. The molecule has 0 radical (unpaired) electrons. The molecule has 1 unspecified atom stereocenters. The summed E-state index contributed by atoms with van der Waals surface area (Å²) in [6.45, 7) is 1.67. The maximum Gasteiger partial charge on any atom is 0.266 e. The number of carbonyl (C=O) groups is 1. The van der Waals surface area contributed by atoms with Crippen molar-refractivity contribution in [2.75, 3.05) is 12.4 Å². The van der Waals surface area contributed by atoms with Gasteiger partial charge in [-0.25, -0.2) is 0 Å². The van der Waals surface area contributed by atoms with Crippen LogP contribution in [0.5, 0.6) is 11.5 Å². The number of carbonyl (C=O) groups excluding carboxylic acids is 1. The lowest BCUT2D eigenvalue weighted by atomic mass is 10.2. The topological polar surface area (TPSA) is 73.3 Å². The highest BCUT2D eigenvalue weighted by Crippen LogP contribution is 2.27. The zero-order valence-corrected chi connectivity index (χ0v) is 16.5. The highest BCUT2D eigenvalue weighted by atomic mass is 79.9. The number of benzene rings is 2. The molecule has 3 rings (SSSR count). The Bertz CT molecular complexity index is 899. The van der Waals surface area contributed by atoms with Gasteiger partial charge in [0.05, 0.1) is 7.11 Å². The third-order valence-corrected chi connectivity index (χ3v) is 4.66. The summed E-state index contributed by atoms with van der Waals surface area (Å²) in [5.41, 5.74) is 0.878. The van der Waals surface area contributed by atoms with Crippen LogP contribution in [0.3, 0.4) is 0 Å². The van der Waals surface area contributed by atoms with Gasteiger partial charge in [-0.2, -0.15) is 9.36 Å². The van der Waals surface area contributed by atoms with E-state index in [1.165, 1.54) is 0 Å². The number of nitrogens with one attached hydrogen (secondary N) is 1. The third kappa shape index (κ3) is 4.39. The Balaban J connectivity index is 1.65. The van der Waals surface area contributed by atoms with Gasteiger partial charge < -0.3 is 9.47 Å². The zero-order chi connectivity index (χ0) is 18.5. The Labute approximate surface area is 163 Å². The first-order valence-electron chi connectivity index (χ1n) is 7.77. The number of aromatic nitrogens is 2. The molecule has 0 saturated heterocycles. The van der Waals surface area contributed by atoms with Crippen LogP contribution in [0.15, 0.2) is 53.0 Å². The first kappa shape index (κ1) is 18.3. The van der Waals surface area contributed by atoms with E-state index in [1.807, 2.05) is 36.4 Å². The molecule has 0 saturated carbocycles. The molecular formula is C18H16BrN3O3S. The van der Waals surface area contributed by atoms with Crippen molar-refractivity contribution in [1.29, 1.82) is 0 Å². The normalized spacial score (nSPS) is 11.7. The van der Waals surface area contributed by atoms with Gasteiger partial charge in [-0.15, -0.1) is 0 Å². The smallest absolute Gasteiger partial charge is 0.266 e. The van der Waals surface area contributed by atoms with Crippen LogP contribution in [0.4, 0.5) is 5.13 Å². The van der Waals surface area contributed by atoms with Gasteiger partial charge in [0.15, 0.2) is 23.4 Å². The van der Waals surface area contributed by atoms with Gasteiger partial charge in [-0.1, -0.05) is 40.2 Å². The second-order valence-electron chi connectivity index (χ2n) is 5.33. The van der Waals surface area contributed by atoms with E-state index in [0.717, 1.165) is 21.6 Å². The van der Waals surface area contributed by atoms with Gasteiger partial charge in [0.2, 0.25) is 5.13 Å². The molecule has 1 atom stereocenters. The Morgan fingerprint density at radius 3 is 2.54 bits per heavy atom. The second kappa shape index (κ2) is 8.29. The Kier molecular flexibility index (Phi) is 5.85. The van der Waals surface area contributed by atoms with Crippen molar-refractivity contribution in [3.05, 3.63) is 53.0 Å². The fourth-order valence-corrected chi connectivity index (χ4v) is 3.01. The van der Waals surface area contributed by atoms with Crippen LogP contribution < -0.4 is 14.8 Å². The number of hydrogen-bond acceptors (Lipinski definition) is 6. The number of nitrogens with zero attached hydrogens (tertiary/aromatic N) is 2. The molecule has 0 bridgehead atoms. The van der Waals surface area contributed by atoms with Gasteiger partial charge in [-0.05, 0) is 31.2 Å². The minimum Gasteiger partial charge on any atom is -0.493 e. The van der Waals surface area contributed by atoms with Crippen molar-refractivity contribution in [2.45, 2.75) is 13.0 Å². The van der Waals surface area contributed by atoms with E-state index in [4.69, 9.17) is 9.47 Å². The van der Waals surface area contributed by atoms with Crippen molar-refractivity contribution < 1.29 is 14.3 Å². The van der Waals surface area contributed by atoms with Gasteiger partial charge in [0.1, 0.15) is 0 Å². The number of anilines is 1. The van der Waals surface area contributed by atoms with Crippen LogP contribution in [0.25, 0.3) is 11.4 Å². The maximum atomic E-state index is 12.4. The molecule has 6 nitrogen and oxygen atoms in total. The SMILES string of the molecule is COc1ccccc1OC(C)C(=O)Nc1nc(-c2ccc(Br)cc2)ns1. The molecule has 134 valence electrons. The molecular weight excluding hydrogens is 418 g/mol. The molecule has 1 aromatic heterocycles. The molecule has 0 spiro atoms. The quantitative estimate of drug-likeness (QED) is 0.623. The number of para-hydroxylation sites is 2. The zero-order valence-electron chi connectivity index (χ0n) is 14.1. The largest absolute Gasteiger partial charge is 0.493 e. The summed E-state index contributed by atoms with van der Waals surface area (Å²) in [4.78, 5) is 16.7. The summed E-state index contributed by atoms with van der Waals surface area (Å²) >= 11 is 4.51. The standard InChI is InChI=1S/C18H16BrN3O3S/c1-11(25-15-6-4-3-5-14(15)24-2)17(23)21-18-20-16(22-26-18)12-7-9-13(19)10-8-12/h3-11H,1-2H3,(H,20,21,22,23). The van der Waals surface area contributed by atoms with Crippen LogP contribution in [0, 0.1) is 0 Å². The monoisotopic (exact) mass is 433 g/mol. The minimum absolute atomic E-state index is 0.311. The molecule has 1 heterocycles. The van der Waals surface area contributed by atoms with Crippen LogP contribution in [-0.4, -0.2) is 28.5 Å². The second-order valence-corrected chi connectivity index (χ2v) is 7.00. The van der Waals surface area contributed by atoms with Gasteiger partial charge in [-0.3, -0.25) is 10.1 Å². The number of halogens is 1. The molecule has 1 N–H and O–H groups in total.